The summed E-state index contributed by atoms with van der Waals surface area (Å²) in [4.78, 5) is 35.0. The number of fused-ring (bicyclic) bond motifs is 1. The number of imidazole rings is 1. The molecule has 1 saturated heterocycles. The fourth-order valence-electron chi connectivity index (χ4n) is 2.96. The molecule has 0 bridgehead atoms. The first-order valence-electron chi connectivity index (χ1n) is 8.64. The Morgan fingerprint density at radius 2 is 2.26 bits per heavy atom. The average molecular weight is 385 g/mol. The van der Waals surface area contributed by atoms with Crippen LogP contribution in [-0.4, -0.2) is 39.0 Å². The summed E-state index contributed by atoms with van der Waals surface area (Å²) >= 11 is 1.19. The average Bonchev–Trinajstić information content (AvgIpc) is 3.37. The van der Waals surface area contributed by atoms with Crippen molar-refractivity contribution in [2.45, 2.75) is 26.4 Å². The number of cyclic esters (lactones) is 1. The first-order valence-corrected chi connectivity index (χ1v) is 9.46. The summed E-state index contributed by atoms with van der Waals surface area (Å²) in [5.41, 5.74) is 1.78. The predicted octanol–water partition coefficient (Wildman–Crippen LogP) is 2.70. The van der Waals surface area contributed by atoms with Crippen LogP contribution in [0, 0.1) is 5.92 Å². The molecule has 4 heterocycles. The van der Waals surface area contributed by atoms with Crippen LogP contribution in [0.4, 0.5) is 9.93 Å². The Bertz CT molecular complexity index is 996. The van der Waals surface area contributed by atoms with Gasteiger partial charge in [-0.2, -0.15) is 0 Å². The van der Waals surface area contributed by atoms with Crippen molar-refractivity contribution < 1.29 is 14.3 Å². The Labute approximate surface area is 159 Å². The second-order valence-corrected chi connectivity index (χ2v) is 7.68. The minimum Gasteiger partial charge on any atom is -0.447 e. The molecule has 4 rings (SSSR count). The standard InChI is InChI=1S/C18H19N5O3S/c1-11(2)13-10-26-18(25)23(13)17-21-9-14(27-17)16(24)20-8-12-3-5-22-6-4-19-15(22)7-12/h3-7,9,11,13H,8,10H2,1-2H3,(H,20,24)/t13-/m0/s1. The number of anilines is 1. The molecule has 8 nitrogen and oxygen atoms in total. The third kappa shape index (κ3) is 3.37. The van der Waals surface area contributed by atoms with E-state index in [1.165, 1.54) is 17.5 Å². The van der Waals surface area contributed by atoms with Crippen LogP contribution < -0.4 is 10.2 Å². The molecule has 1 atom stereocenters. The predicted molar refractivity (Wildman–Crippen MR) is 101 cm³/mol. The number of ether oxygens (including phenoxy) is 1. The Morgan fingerprint density at radius 3 is 3.07 bits per heavy atom. The van der Waals surface area contributed by atoms with Gasteiger partial charge in [0.25, 0.3) is 5.91 Å². The van der Waals surface area contributed by atoms with Gasteiger partial charge < -0.3 is 14.5 Å². The van der Waals surface area contributed by atoms with E-state index in [4.69, 9.17) is 4.74 Å². The highest BCUT2D eigenvalue weighted by Crippen LogP contribution is 2.30. The number of amides is 2. The number of rotatable bonds is 5. The minimum atomic E-state index is -0.414. The quantitative estimate of drug-likeness (QED) is 0.729. The zero-order valence-corrected chi connectivity index (χ0v) is 15.8. The molecule has 140 valence electrons. The number of pyridine rings is 1. The second kappa shape index (κ2) is 6.99. The van der Waals surface area contributed by atoms with Gasteiger partial charge in [-0.25, -0.2) is 19.7 Å². The summed E-state index contributed by atoms with van der Waals surface area (Å²) in [5, 5.41) is 3.37. The van der Waals surface area contributed by atoms with Crippen LogP contribution in [-0.2, 0) is 11.3 Å². The third-order valence-electron chi connectivity index (χ3n) is 4.51. The zero-order chi connectivity index (χ0) is 19.0. The monoisotopic (exact) mass is 385 g/mol. The van der Waals surface area contributed by atoms with Crippen molar-refractivity contribution in [2.24, 2.45) is 5.92 Å². The van der Waals surface area contributed by atoms with Gasteiger partial charge in [0.15, 0.2) is 5.13 Å². The molecule has 1 N–H and O–H groups in total. The number of nitrogens with zero attached hydrogens (tertiary/aromatic N) is 4. The van der Waals surface area contributed by atoms with E-state index in [0.717, 1.165) is 11.2 Å². The lowest BCUT2D eigenvalue weighted by Crippen LogP contribution is -2.37. The second-order valence-electron chi connectivity index (χ2n) is 6.68. The van der Waals surface area contributed by atoms with E-state index < -0.39 is 6.09 Å². The van der Waals surface area contributed by atoms with Gasteiger partial charge in [0.2, 0.25) is 0 Å². The molecule has 9 heteroatoms. The highest BCUT2D eigenvalue weighted by molar-refractivity contribution is 7.17. The van der Waals surface area contributed by atoms with Crippen molar-refractivity contribution in [1.29, 1.82) is 0 Å². The van der Waals surface area contributed by atoms with Gasteiger partial charge in [-0.1, -0.05) is 25.2 Å². The number of carbonyl (C=O) groups is 2. The number of carbonyl (C=O) groups excluding carboxylic acids is 2. The molecule has 0 aliphatic carbocycles. The number of aromatic nitrogens is 3. The summed E-state index contributed by atoms with van der Waals surface area (Å²) in [7, 11) is 0. The molecule has 1 aliphatic rings. The molecule has 3 aromatic rings. The Kier molecular flexibility index (Phi) is 4.53. The van der Waals surface area contributed by atoms with Crippen molar-refractivity contribution in [3.63, 3.8) is 0 Å². The van der Waals surface area contributed by atoms with E-state index in [0.29, 0.717) is 23.2 Å². The molecule has 0 unspecified atom stereocenters. The molecule has 0 radical (unpaired) electrons. The lowest BCUT2D eigenvalue weighted by molar-refractivity contribution is 0.0954. The van der Waals surface area contributed by atoms with Crippen LogP contribution in [0.1, 0.15) is 29.1 Å². The summed E-state index contributed by atoms with van der Waals surface area (Å²) in [6.07, 6.45) is 6.58. The van der Waals surface area contributed by atoms with Crippen molar-refractivity contribution in [2.75, 3.05) is 11.5 Å². The number of hydrogen-bond acceptors (Lipinski definition) is 6. The van der Waals surface area contributed by atoms with Crippen molar-refractivity contribution in [3.05, 3.63) is 47.4 Å². The smallest absolute Gasteiger partial charge is 0.416 e. The molecule has 27 heavy (non-hydrogen) atoms. The van der Waals surface area contributed by atoms with E-state index >= 15 is 0 Å². The SMILES string of the molecule is CC(C)[C@@H]1COC(=O)N1c1ncc(C(=O)NCc2ccn3ccnc3c2)s1. The molecule has 0 aromatic carbocycles. The van der Waals surface area contributed by atoms with Gasteiger partial charge in [-0.05, 0) is 23.6 Å². The fraction of sp³-hybridized carbons (Fsp3) is 0.333. The van der Waals surface area contributed by atoms with Crippen molar-refractivity contribution in [3.8, 4) is 0 Å². The molecular formula is C18H19N5O3S. The first-order chi connectivity index (χ1) is 13.0. The van der Waals surface area contributed by atoms with E-state index in [1.807, 2.05) is 42.8 Å². The largest absolute Gasteiger partial charge is 0.447 e. The topological polar surface area (TPSA) is 88.8 Å². The molecule has 0 saturated carbocycles. The maximum Gasteiger partial charge on any atom is 0.416 e. The Morgan fingerprint density at radius 1 is 1.41 bits per heavy atom. The van der Waals surface area contributed by atoms with E-state index in [2.05, 4.69) is 15.3 Å². The van der Waals surface area contributed by atoms with Crippen LogP contribution in [0.2, 0.25) is 0 Å². The summed E-state index contributed by atoms with van der Waals surface area (Å²) in [6.45, 7) is 4.78. The number of thiazole rings is 1. The van der Waals surface area contributed by atoms with Crippen molar-refractivity contribution in [1.82, 2.24) is 19.7 Å². The van der Waals surface area contributed by atoms with Crippen LogP contribution >= 0.6 is 11.3 Å². The Balaban J connectivity index is 1.44. The van der Waals surface area contributed by atoms with Gasteiger partial charge >= 0.3 is 6.09 Å². The van der Waals surface area contributed by atoms with Gasteiger partial charge in [0.1, 0.15) is 17.1 Å². The van der Waals surface area contributed by atoms with Gasteiger partial charge in [0.05, 0.1) is 12.2 Å². The normalized spacial score (nSPS) is 16.9. The van der Waals surface area contributed by atoms with Crippen LogP contribution in [0.3, 0.4) is 0 Å². The molecule has 2 amide bonds. The number of nitrogens with one attached hydrogen (secondary N) is 1. The first kappa shape index (κ1) is 17.5. The summed E-state index contributed by atoms with van der Waals surface area (Å²) in [5.74, 6) is 0.00540. The molecule has 1 fully saturated rings. The highest BCUT2D eigenvalue weighted by Gasteiger charge is 2.38. The van der Waals surface area contributed by atoms with E-state index in [9.17, 15) is 9.59 Å². The van der Waals surface area contributed by atoms with Gasteiger partial charge in [-0.3, -0.25) is 4.79 Å². The maximum absolute atomic E-state index is 12.5. The molecular weight excluding hydrogens is 366 g/mol. The van der Waals surface area contributed by atoms with Crippen LogP contribution in [0.5, 0.6) is 0 Å². The van der Waals surface area contributed by atoms with E-state index in [-0.39, 0.29) is 17.9 Å². The fourth-order valence-corrected chi connectivity index (χ4v) is 3.84. The zero-order valence-electron chi connectivity index (χ0n) is 15.0. The lowest BCUT2D eigenvalue weighted by Gasteiger charge is -2.21. The van der Waals surface area contributed by atoms with Crippen molar-refractivity contribution >= 4 is 34.1 Å². The minimum absolute atomic E-state index is 0.0687. The number of hydrogen-bond donors (Lipinski definition) is 1. The highest BCUT2D eigenvalue weighted by atomic mass is 32.1. The van der Waals surface area contributed by atoms with Gasteiger partial charge in [0, 0.05) is 25.1 Å². The van der Waals surface area contributed by atoms with E-state index in [1.54, 1.807) is 11.1 Å². The summed E-state index contributed by atoms with van der Waals surface area (Å²) < 4.78 is 7.05. The van der Waals surface area contributed by atoms with Crippen LogP contribution in [0.25, 0.3) is 5.65 Å². The molecule has 0 spiro atoms. The van der Waals surface area contributed by atoms with Gasteiger partial charge in [-0.15, -0.1) is 0 Å². The molecule has 3 aromatic heterocycles. The Hall–Kier alpha value is -2.94. The maximum atomic E-state index is 12.5. The summed E-state index contributed by atoms with van der Waals surface area (Å²) in [6, 6.07) is 3.78. The lowest BCUT2D eigenvalue weighted by atomic mass is 10.1. The van der Waals surface area contributed by atoms with Crippen LogP contribution in [0.15, 0.2) is 36.9 Å². The third-order valence-corrected chi connectivity index (χ3v) is 5.51. The molecule has 1 aliphatic heterocycles.